The number of rotatable bonds is 11. The van der Waals surface area contributed by atoms with Crippen molar-refractivity contribution in [3.8, 4) is 67.5 Å². The van der Waals surface area contributed by atoms with E-state index in [4.69, 9.17) is 9.98 Å². The molecule has 27 rings (SSSR count). The highest BCUT2D eigenvalue weighted by Gasteiger charge is 2.42. The van der Waals surface area contributed by atoms with E-state index >= 15 is 0 Å². The Balaban J connectivity index is 0.605. The summed E-state index contributed by atoms with van der Waals surface area (Å²) in [5.41, 5.74) is 33.1. The highest BCUT2D eigenvalue weighted by Crippen LogP contribution is 2.54. The standard InChI is InChI=1S/C116H72N8/c1-4-27-79(28-5-1)119-99-43-16-10-35-84(99)93-65-71(49-56-106(93)119)74-52-59-109-96(68-74)87-38-13-19-46-102(87)122(109)82-33-22-25-77(63-82)114-113-91-55-62-105(124-104-48-21-15-40-89(104)98-70-76(54-61-111(98)124)73-51-58-108-95(67-73)86-37-12-18-45-101(86)121(108)81-31-8-3-9-32-81)90-41-24-42-92(112(90)91)115(113)118-116(117-114)78-26-23-34-83(64-78)123-103-47-20-14-39-88(103)97-69-75(53-60-110(97)123)72-50-57-107-94(66-72)85-36-11-17-44-100(85)120(107)80-29-6-2-7-30-80/h1-70,113,115H. The van der Waals surface area contributed by atoms with Crippen molar-refractivity contribution in [1.29, 1.82) is 0 Å². The number of para-hydroxylation sites is 9. The zero-order valence-corrected chi connectivity index (χ0v) is 67.1. The van der Waals surface area contributed by atoms with E-state index in [2.05, 4.69) is 452 Å². The summed E-state index contributed by atoms with van der Waals surface area (Å²) in [7, 11) is 0. The third kappa shape index (κ3) is 10.1. The number of hydrogen-bond donors (Lipinski definition) is 0. The maximum atomic E-state index is 6.01. The molecule has 2 aliphatic rings. The molecule has 6 aromatic heterocycles. The fourth-order valence-electron chi connectivity index (χ4n) is 21.6. The van der Waals surface area contributed by atoms with E-state index in [1.807, 2.05) is 0 Å². The highest BCUT2D eigenvalue weighted by molar-refractivity contribution is 6.22. The quantitative estimate of drug-likeness (QED) is 0.124. The third-order valence-corrected chi connectivity index (χ3v) is 26.9. The van der Waals surface area contributed by atoms with Crippen LogP contribution in [0.5, 0.6) is 0 Å². The van der Waals surface area contributed by atoms with Gasteiger partial charge in [-0.25, -0.2) is 4.99 Å². The predicted octanol–water partition coefficient (Wildman–Crippen LogP) is 29.5. The average Bonchev–Trinajstić information content (AvgIpc) is 1.54. The molecule has 576 valence electrons. The minimum absolute atomic E-state index is 0.217. The van der Waals surface area contributed by atoms with Crippen LogP contribution in [-0.2, 0) is 0 Å². The van der Waals surface area contributed by atoms with Crippen molar-refractivity contribution in [3.05, 3.63) is 447 Å². The normalized spacial score (nSPS) is 14.1. The summed E-state index contributed by atoms with van der Waals surface area (Å²) in [6, 6.07) is 157. The first-order chi connectivity index (χ1) is 61.5. The summed E-state index contributed by atoms with van der Waals surface area (Å²) >= 11 is 0. The summed E-state index contributed by atoms with van der Waals surface area (Å²) in [5.74, 6) is 0.484. The molecule has 0 spiro atoms. The van der Waals surface area contributed by atoms with E-state index in [1.54, 1.807) is 0 Å². The SMILES string of the molecule is c1ccc(-n2c3ccccc3c3cc(-c4ccc5c(c4)c4ccccc4n5-c4cccc(C5=NC6c7cccc8c(-n9c%10ccccc%10c%10cc(-c%11ccc%12c(c%11)c%11ccccc%11n%12-c%11ccccc%11)ccc%109)ccc(c78)C6C(c6cccc(-n7c8ccccc8c8cc(-c9ccc%10c(c9)c9ccccc9n%10-c9ccccc9)ccc87)c6)=N5)c4)ccc32)cc1. The second-order valence-corrected chi connectivity index (χ2v) is 33.4. The molecular formula is C116H72N8. The molecule has 1 aliphatic carbocycles. The number of nitrogens with zero attached hydrogens (tertiary/aromatic N) is 8. The Morgan fingerprint density at radius 2 is 0.460 bits per heavy atom. The molecule has 0 fully saturated rings. The van der Waals surface area contributed by atoms with Crippen molar-refractivity contribution < 1.29 is 0 Å². The van der Waals surface area contributed by atoms with Gasteiger partial charge in [0, 0.05) is 104 Å². The van der Waals surface area contributed by atoms with Crippen LogP contribution in [0.2, 0.25) is 0 Å². The molecule has 2 unspecified atom stereocenters. The maximum absolute atomic E-state index is 6.01. The van der Waals surface area contributed by atoms with Crippen LogP contribution in [0.15, 0.2) is 435 Å². The molecule has 0 bridgehead atoms. The van der Waals surface area contributed by atoms with E-state index in [-0.39, 0.29) is 12.0 Å². The third-order valence-electron chi connectivity index (χ3n) is 26.9. The number of benzene rings is 19. The Morgan fingerprint density at radius 1 is 0.177 bits per heavy atom. The molecule has 8 nitrogen and oxygen atoms in total. The van der Waals surface area contributed by atoms with Gasteiger partial charge in [-0.05, 0) is 231 Å². The summed E-state index contributed by atoms with van der Waals surface area (Å²) in [6.45, 7) is 0. The molecule has 0 saturated carbocycles. The van der Waals surface area contributed by atoms with E-state index in [9.17, 15) is 0 Å². The average molecular weight is 1580 g/mol. The van der Waals surface area contributed by atoms with Crippen LogP contribution >= 0.6 is 0 Å². The van der Waals surface area contributed by atoms with E-state index < -0.39 is 0 Å². The zero-order chi connectivity index (χ0) is 80.9. The van der Waals surface area contributed by atoms with Gasteiger partial charge in [0.05, 0.1) is 89.6 Å². The Bertz CT molecular complexity index is 8950. The van der Waals surface area contributed by atoms with Gasteiger partial charge in [-0.15, -0.1) is 0 Å². The van der Waals surface area contributed by atoms with Crippen LogP contribution in [0.3, 0.4) is 0 Å². The van der Waals surface area contributed by atoms with Crippen molar-refractivity contribution >= 4 is 153 Å². The second kappa shape index (κ2) is 26.5. The number of amidine groups is 1. The molecular weight excluding hydrogens is 1510 g/mol. The first-order valence-corrected chi connectivity index (χ1v) is 42.8. The van der Waals surface area contributed by atoms with Gasteiger partial charge in [-0.2, -0.15) is 0 Å². The van der Waals surface area contributed by atoms with Gasteiger partial charge in [0.1, 0.15) is 0 Å². The van der Waals surface area contributed by atoms with Gasteiger partial charge in [0.15, 0.2) is 5.84 Å². The molecule has 124 heavy (non-hydrogen) atoms. The predicted molar refractivity (Wildman–Crippen MR) is 518 cm³/mol. The second-order valence-electron chi connectivity index (χ2n) is 33.4. The number of hydrogen-bond acceptors (Lipinski definition) is 2. The largest absolute Gasteiger partial charge is 0.309 e. The minimum Gasteiger partial charge on any atom is -0.309 e. The number of fused-ring (bicyclic) bond motifs is 21. The molecule has 0 N–H and O–H groups in total. The van der Waals surface area contributed by atoms with E-state index in [0.717, 1.165) is 84.1 Å². The first kappa shape index (κ1) is 68.5. The fourth-order valence-corrected chi connectivity index (χ4v) is 21.6. The molecule has 8 heteroatoms. The smallest absolute Gasteiger partial charge is 0.155 e. The highest BCUT2D eigenvalue weighted by atomic mass is 15.0. The van der Waals surface area contributed by atoms with Gasteiger partial charge >= 0.3 is 0 Å². The van der Waals surface area contributed by atoms with Crippen molar-refractivity contribution in [2.24, 2.45) is 9.98 Å². The molecule has 2 atom stereocenters. The fraction of sp³-hybridized carbons (Fsp3) is 0.0172. The molecule has 1 aliphatic heterocycles. The lowest BCUT2D eigenvalue weighted by molar-refractivity contribution is 0.698. The van der Waals surface area contributed by atoms with Crippen LogP contribution in [0.1, 0.15) is 34.2 Å². The Labute approximate surface area is 712 Å². The van der Waals surface area contributed by atoms with Crippen LogP contribution in [0, 0.1) is 0 Å². The van der Waals surface area contributed by atoms with Gasteiger partial charge in [0.2, 0.25) is 0 Å². The van der Waals surface area contributed by atoms with Crippen molar-refractivity contribution in [1.82, 2.24) is 27.4 Å². The van der Waals surface area contributed by atoms with Gasteiger partial charge < -0.3 is 27.4 Å². The summed E-state index contributed by atoms with van der Waals surface area (Å²) in [4.78, 5) is 12.0. The Hall–Kier alpha value is -16.4. The minimum atomic E-state index is -0.301. The van der Waals surface area contributed by atoms with Crippen molar-refractivity contribution in [2.45, 2.75) is 12.0 Å². The first-order valence-electron chi connectivity index (χ1n) is 42.8. The van der Waals surface area contributed by atoms with Gasteiger partial charge in [0.25, 0.3) is 0 Å². The van der Waals surface area contributed by atoms with Crippen LogP contribution in [0.25, 0.3) is 209 Å². The van der Waals surface area contributed by atoms with Crippen LogP contribution in [-0.4, -0.2) is 38.9 Å². The number of aliphatic imine (C=N–C) groups is 2. The molecule has 0 radical (unpaired) electrons. The topological polar surface area (TPSA) is 54.3 Å². The lowest BCUT2D eigenvalue weighted by atomic mass is 9.86. The number of aromatic nitrogens is 6. The zero-order valence-electron chi connectivity index (χ0n) is 67.1. The Kier molecular flexibility index (Phi) is 14.7. The molecule has 7 heterocycles. The van der Waals surface area contributed by atoms with Gasteiger partial charge in [-0.1, -0.05) is 249 Å². The summed E-state index contributed by atoms with van der Waals surface area (Å²) < 4.78 is 14.6. The van der Waals surface area contributed by atoms with Crippen molar-refractivity contribution in [2.75, 3.05) is 0 Å². The van der Waals surface area contributed by atoms with Crippen molar-refractivity contribution in [3.63, 3.8) is 0 Å². The lowest BCUT2D eigenvalue weighted by Gasteiger charge is -2.27. The van der Waals surface area contributed by atoms with E-state index in [1.165, 1.54) is 153 Å². The Morgan fingerprint density at radius 3 is 0.831 bits per heavy atom. The monoisotopic (exact) mass is 1580 g/mol. The summed E-state index contributed by atoms with van der Waals surface area (Å²) in [5, 5.41) is 17.0. The molecule has 25 aromatic rings. The van der Waals surface area contributed by atoms with Crippen LogP contribution < -0.4 is 0 Å². The van der Waals surface area contributed by atoms with E-state index in [0.29, 0.717) is 5.84 Å². The maximum Gasteiger partial charge on any atom is 0.155 e. The summed E-state index contributed by atoms with van der Waals surface area (Å²) in [6.07, 6.45) is 0. The molecule has 0 amide bonds. The molecule has 19 aromatic carbocycles. The van der Waals surface area contributed by atoms with Crippen LogP contribution in [0.4, 0.5) is 0 Å². The van der Waals surface area contributed by atoms with Gasteiger partial charge in [-0.3, -0.25) is 4.99 Å². The molecule has 0 saturated heterocycles. The lowest BCUT2D eigenvalue weighted by Crippen LogP contribution is -2.24.